The lowest BCUT2D eigenvalue weighted by atomic mass is 9.82. The third kappa shape index (κ3) is 7.31. The molecule has 0 spiro atoms. The Labute approximate surface area is 278 Å². The Morgan fingerprint density at radius 3 is 2.25 bits per heavy atom. The molecule has 6 rings (SSSR count). The molecule has 2 fully saturated rings. The van der Waals surface area contributed by atoms with E-state index in [1.165, 1.54) is 0 Å². The maximum absolute atomic E-state index is 14.7. The van der Waals surface area contributed by atoms with Gasteiger partial charge in [0.05, 0.1) is 26.9 Å². The molecule has 1 saturated heterocycles. The Morgan fingerprint density at radius 2 is 1.60 bits per heavy atom. The molecule has 2 heterocycles. The molecule has 2 bridgehead atoms. The molecule has 8 nitrogen and oxygen atoms in total. The minimum atomic E-state index is -1.33. The lowest BCUT2D eigenvalue weighted by Gasteiger charge is -2.44. The minimum absolute atomic E-state index is 0.0108. The molecule has 48 heavy (non-hydrogen) atoms. The number of benzene rings is 3. The number of aryl methyl sites for hydroxylation is 1. The largest absolute Gasteiger partial charge is 0.497 e. The molecule has 2 atom stereocenters. The maximum atomic E-state index is 14.7. The molecule has 3 aliphatic rings. The van der Waals surface area contributed by atoms with Crippen molar-refractivity contribution in [3.63, 3.8) is 0 Å². The van der Waals surface area contributed by atoms with Gasteiger partial charge in [-0.1, -0.05) is 24.3 Å². The molecule has 2 amide bonds. The van der Waals surface area contributed by atoms with Gasteiger partial charge in [0.2, 0.25) is 11.7 Å². The summed E-state index contributed by atoms with van der Waals surface area (Å²) in [4.78, 5) is 30.9. The summed E-state index contributed by atoms with van der Waals surface area (Å²) in [5, 5.41) is 3.62. The summed E-state index contributed by atoms with van der Waals surface area (Å²) < 4.78 is 57.5. The van der Waals surface area contributed by atoms with Gasteiger partial charge in [-0.05, 0) is 78.6 Å². The van der Waals surface area contributed by atoms with Crippen molar-refractivity contribution in [1.29, 1.82) is 0 Å². The first-order valence-electron chi connectivity index (χ1n) is 16.3. The van der Waals surface area contributed by atoms with Gasteiger partial charge in [0.25, 0.3) is 5.91 Å². The van der Waals surface area contributed by atoms with Crippen LogP contribution in [0.15, 0.2) is 60.2 Å². The molecular weight excluding hydrogens is 623 g/mol. The van der Waals surface area contributed by atoms with Crippen LogP contribution in [0.1, 0.15) is 49.3 Å². The molecule has 1 saturated carbocycles. The first kappa shape index (κ1) is 33.4. The standard InChI is InChI=1S/C37H40F3N3O5/c1-22(44)42-20-26-17-30(25-8-6-23(7-9-25)5-4-14-48-36-32(39)13-12-31(38)35(36)40)34(33(21-42)41-26)37(45)43(27-10-11-27)19-24-15-28(46-2)18-29(16-24)47-3/h6-9,12-13,15-16,18,26-27,33,41H,4-5,10-11,14,17,19-21H2,1-3H3/t26?,33-/m1/s1. The highest BCUT2D eigenvalue weighted by molar-refractivity contribution is 6.03. The monoisotopic (exact) mass is 663 g/mol. The lowest BCUT2D eigenvalue weighted by Crippen LogP contribution is -2.61. The number of methoxy groups -OCH3 is 2. The molecule has 0 aromatic heterocycles. The summed E-state index contributed by atoms with van der Waals surface area (Å²) in [5.74, 6) is -2.91. The van der Waals surface area contributed by atoms with Crippen LogP contribution in [-0.2, 0) is 22.6 Å². The molecule has 3 aromatic rings. The van der Waals surface area contributed by atoms with Crippen LogP contribution in [0.3, 0.4) is 0 Å². The van der Waals surface area contributed by atoms with Gasteiger partial charge in [0.15, 0.2) is 17.4 Å². The number of halogens is 3. The average Bonchev–Trinajstić information content (AvgIpc) is 3.93. The molecule has 1 unspecified atom stereocenters. The van der Waals surface area contributed by atoms with Crippen molar-refractivity contribution in [2.24, 2.45) is 0 Å². The fraction of sp³-hybridized carbons (Fsp3) is 0.405. The predicted molar refractivity (Wildman–Crippen MR) is 174 cm³/mol. The molecule has 11 heteroatoms. The van der Waals surface area contributed by atoms with Crippen LogP contribution in [0.25, 0.3) is 5.57 Å². The van der Waals surface area contributed by atoms with Crippen LogP contribution in [0, 0.1) is 17.5 Å². The smallest absolute Gasteiger partial charge is 0.252 e. The van der Waals surface area contributed by atoms with Crippen molar-refractivity contribution >= 4 is 17.4 Å². The summed E-state index contributed by atoms with van der Waals surface area (Å²) >= 11 is 0. The number of hydrogen-bond acceptors (Lipinski definition) is 6. The summed E-state index contributed by atoms with van der Waals surface area (Å²) in [5.41, 5.74) is 4.48. The second-order valence-electron chi connectivity index (χ2n) is 12.6. The van der Waals surface area contributed by atoms with Gasteiger partial charge in [-0.2, -0.15) is 4.39 Å². The molecule has 2 aliphatic heterocycles. The van der Waals surface area contributed by atoms with Crippen LogP contribution in [0.2, 0.25) is 0 Å². The fourth-order valence-corrected chi connectivity index (χ4v) is 6.65. The van der Waals surface area contributed by atoms with E-state index < -0.39 is 23.2 Å². The summed E-state index contributed by atoms with van der Waals surface area (Å²) in [6, 6.07) is 15.0. The van der Waals surface area contributed by atoms with Crippen LogP contribution in [0.5, 0.6) is 17.2 Å². The van der Waals surface area contributed by atoms with Gasteiger partial charge in [-0.25, -0.2) is 8.78 Å². The lowest BCUT2D eigenvalue weighted by molar-refractivity contribution is -0.132. The van der Waals surface area contributed by atoms with E-state index in [-0.39, 0.29) is 36.5 Å². The second kappa shape index (κ2) is 14.3. The van der Waals surface area contributed by atoms with Crippen molar-refractivity contribution in [2.75, 3.05) is 33.9 Å². The first-order chi connectivity index (χ1) is 23.1. The Morgan fingerprint density at radius 1 is 0.917 bits per heavy atom. The quantitative estimate of drug-likeness (QED) is 0.199. The fourth-order valence-electron chi connectivity index (χ4n) is 6.65. The molecule has 254 valence electrons. The molecule has 1 aliphatic carbocycles. The van der Waals surface area contributed by atoms with Gasteiger partial charge in [-0.15, -0.1) is 0 Å². The molecule has 3 aromatic carbocycles. The Kier molecular flexibility index (Phi) is 9.96. The SMILES string of the molecule is COc1cc(CN(C(=O)C2=C(c3ccc(CCCOc4c(F)ccc(F)c4F)cc3)CC3CN(C(C)=O)C[C@H]2N3)C2CC2)cc(OC)c1. The van der Waals surface area contributed by atoms with E-state index in [1.807, 2.05) is 46.2 Å². The average molecular weight is 664 g/mol. The zero-order valence-corrected chi connectivity index (χ0v) is 27.4. The zero-order valence-electron chi connectivity index (χ0n) is 27.4. The van der Waals surface area contributed by atoms with Crippen LogP contribution in [-0.4, -0.2) is 73.7 Å². The number of carbonyl (C=O) groups is 2. The maximum Gasteiger partial charge on any atom is 0.252 e. The van der Waals surface area contributed by atoms with Crippen LogP contribution in [0.4, 0.5) is 13.2 Å². The number of nitrogens with zero attached hydrogens (tertiary/aromatic N) is 2. The van der Waals surface area contributed by atoms with E-state index >= 15 is 0 Å². The number of hydrogen-bond donors (Lipinski definition) is 1. The van der Waals surface area contributed by atoms with Gasteiger partial charge in [-0.3, -0.25) is 9.59 Å². The van der Waals surface area contributed by atoms with Crippen LogP contribution >= 0.6 is 0 Å². The van der Waals surface area contributed by atoms with Gasteiger partial charge in [0.1, 0.15) is 11.5 Å². The van der Waals surface area contributed by atoms with Crippen molar-refractivity contribution < 1.29 is 37.0 Å². The Balaban J connectivity index is 1.24. The highest BCUT2D eigenvalue weighted by Gasteiger charge is 2.43. The van der Waals surface area contributed by atoms with E-state index in [4.69, 9.17) is 14.2 Å². The number of ether oxygens (including phenoxy) is 3. The van der Waals surface area contributed by atoms with Gasteiger partial charge < -0.3 is 29.3 Å². The molecule has 0 radical (unpaired) electrons. The first-order valence-corrected chi connectivity index (χ1v) is 16.3. The zero-order chi connectivity index (χ0) is 33.9. The topological polar surface area (TPSA) is 80.3 Å². The highest BCUT2D eigenvalue weighted by atomic mass is 19.2. The van der Waals surface area contributed by atoms with E-state index in [1.54, 1.807) is 27.2 Å². The normalized spacial score (nSPS) is 18.8. The van der Waals surface area contributed by atoms with Crippen molar-refractivity contribution in [1.82, 2.24) is 15.1 Å². The van der Waals surface area contributed by atoms with E-state index in [2.05, 4.69) is 5.32 Å². The van der Waals surface area contributed by atoms with Crippen molar-refractivity contribution in [3.8, 4) is 17.2 Å². The molecular formula is C37H40F3N3O5. The Bertz CT molecular complexity index is 1690. The Hall–Kier alpha value is -4.51. The second-order valence-corrected chi connectivity index (χ2v) is 12.6. The number of piperazine rings is 1. The van der Waals surface area contributed by atoms with Gasteiger partial charge in [0, 0.05) is 50.3 Å². The third-order valence-electron chi connectivity index (χ3n) is 9.25. The van der Waals surface area contributed by atoms with Gasteiger partial charge >= 0.3 is 0 Å². The summed E-state index contributed by atoms with van der Waals surface area (Å²) in [6.45, 7) is 2.95. The summed E-state index contributed by atoms with van der Waals surface area (Å²) in [6.07, 6.45) is 3.47. The van der Waals surface area contributed by atoms with E-state index in [0.29, 0.717) is 56.0 Å². The summed E-state index contributed by atoms with van der Waals surface area (Å²) in [7, 11) is 3.20. The van der Waals surface area contributed by atoms with E-state index in [0.717, 1.165) is 47.2 Å². The number of carbonyl (C=O) groups excluding carboxylic acids is 2. The van der Waals surface area contributed by atoms with E-state index in [9.17, 15) is 22.8 Å². The van der Waals surface area contributed by atoms with Crippen molar-refractivity contribution in [2.45, 2.75) is 63.7 Å². The highest BCUT2D eigenvalue weighted by Crippen LogP contribution is 2.38. The number of nitrogens with one attached hydrogen (secondary N) is 1. The number of rotatable bonds is 12. The number of fused-ring (bicyclic) bond motifs is 2. The third-order valence-corrected chi connectivity index (χ3v) is 9.25. The van der Waals surface area contributed by atoms with Crippen molar-refractivity contribution in [3.05, 3.63) is 94.3 Å². The minimum Gasteiger partial charge on any atom is -0.497 e. The molecule has 1 N–H and O–H groups in total. The number of amides is 2. The van der Waals surface area contributed by atoms with Crippen LogP contribution < -0.4 is 19.5 Å². The predicted octanol–water partition coefficient (Wildman–Crippen LogP) is 5.67.